The number of carbonyl (C=O) groups is 2. The van der Waals surface area contributed by atoms with Crippen LogP contribution in [0.25, 0.3) is 0 Å². The van der Waals surface area contributed by atoms with E-state index in [1.165, 1.54) is 35.6 Å². The number of hydrogen-bond acceptors (Lipinski definition) is 5. The Morgan fingerprint density at radius 3 is 2.29 bits per heavy atom. The topological polar surface area (TPSA) is 101 Å². The molecule has 0 fully saturated rings. The van der Waals surface area contributed by atoms with Crippen molar-refractivity contribution in [1.29, 1.82) is 0 Å². The molecule has 1 atom stereocenters. The zero-order valence-electron chi connectivity index (χ0n) is 19.7. The van der Waals surface area contributed by atoms with Crippen molar-refractivity contribution in [1.82, 2.24) is 0 Å². The highest BCUT2D eigenvalue weighted by molar-refractivity contribution is 9.10. The van der Waals surface area contributed by atoms with E-state index in [0.29, 0.717) is 22.2 Å². The maximum atomic E-state index is 13.4. The van der Waals surface area contributed by atoms with Crippen molar-refractivity contribution in [2.24, 2.45) is 11.3 Å². The third-order valence-corrected chi connectivity index (χ3v) is 8.08. The summed E-state index contributed by atoms with van der Waals surface area (Å²) in [7, 11) is 0. The van der Waals surface area contributed by atoms with Gasteiger partial charge in [-0.25, -0.2) is 0 Å². The summed E-state index contributed by atoms with van der Waals surface area (Å²) in [6, 6.07) is 12.7. The highest BCUT2D eigenvalue weighted by atomic mass is 79.9. The van der Waals surface area contributed by atoms with Crippen LogP contribution in [-0.4, -0.2) is 16.7 Å². The first-order valence-corrected chi connectivity index (χ1v) is 12.9. The van der Waals surface area contributed by atoms with E-state index >= 15 is 0 Å². The highest BCUT2D eigenvalue weighted by Crippen LogP contribution is 2.44. The number of amides is 2. The number of nitrogens with zero attached hydrogens (tertiary/aromatic N) is 1. The van der Waals surface area contributed by atoms with Gasteiger partial charge in [0.05, 0.1) is 10.5 Å². The third kappa shape index (κ3) is 5.62. The lowest BCUT2D eigenvalue weighted by molar-refractivity contribution is -0.384. The van der Waals surface area contributed by atoms with Gasteiger partial charge in [0.2, 0.25) is 0 Å². The molecule has 0 spiro atoms. The van der Waals surface area contributed by atoms with Crippen molar-refractivity contribution in [3.63, 3.8) is 0 Å². The smallest absolute Gasteiger partial charge is 0.269 e. The van der Waals surface area contributed by atoms with Crippen LogP contribution in [0.2, 0.25) is 0 Å². The molecule has 2 amide bonds. The molecule has 9 heteroatoms. The first-order valence-electron chi connectivity index (χ1n) is 11.3. The summed E-state index contributed by atoms with van der Waals surface area (Å²) in [6.45, 7) is 6.69. The van der Waals surface area contributed by atoms with Crippen LogP contribution < -0.4 is 10.6 Å². The van der Waals surface area contributed by atoms with Crippen molar-refractivity contribution in [3.8, 4) is 0 Å². The van der Waals surface area contributed by atoms with Gasteiger partial charge in [0.15, 0.2) is 0 Å². The average molecular weight is 556 g/mol. The zero-order chi connectivity index (χ0) is 25.3. The van der Waals surface area contributed by atoms with Gasteiger partial charge >= 0.3 is 0 Å². The SMILES string of the molecule is CC(C)(C)C1CCc2c(sc(NC(=O)c3ccc([N+](=O)[O-])cc3)c2C(=O)Nc2ccc(Br)cc2)C1. The Bertz CT molecular complexity index is 1280. The molecular weight excluding hydrogens is 530 g/mol. The van der Waals surface area contributed by atoms with Crippen molar-refractivity contribution < 1.29 is 14.5 Å². The van der Waals surface area contributed by atoms with Crippen LogP contribution in [0.3, 0.4) is 0 Å². The molecule has 4 rings (SSSR count). The van der Waals surface area contributed by atoms with Crippen molar-refractivity contribution in [3.05, 3.63) is 84.7 Å². The Morgan fingerprint density at radius 2 is 1.69 bits per heavy atom. The van der Waals surface area contributed by atoms with Crippen molar-refractivity contribution in [2.45, 2.75) is 40.0 Å². The number of non-ortho nitro benzene ring substituents is 1. The monoisotopic (exact) mass is 555 g/mol. The Hall–Kier alpha value is -3.04. The van der Waals surface area contributed by atoms with Crippen LogP contribution in [0.15, 0.2) is 53.0 Å². The molecule has 0 aliphatic heterocycles. The molecule has 35 heavy (non-hydrogen) atoms. The zero-order valence-corrected chi connectivity index (χ0v) is 22.1. The van der Waals surface area contributed by atoms with Crippen molar-refractivity contribution >= 4 is 55.5 Å². The minimum absolute atomic E-state index is 0.0871. The van der Waals surface area contributed by atoms with E-state index in [1.54, 1.807) is 0 Å². The maximum Gasteiger partial charge on any atom is 0.269 e. The molecule has 1 aromatic heterocycles. The van der Waals surface area contributed by atoms with E-state index in [1.807, 2.05) is 24.3 Å². The molecule has 0 bridgehead atoms. The molecule has 0 radical (unpaired) electrons. The fraction of sp³-hybridized carbons (Fsp3) is 0.308. The molecule has 1 aliphatic rings. The molecule has 3 aromatic rings. The van der Waals surface area contributed by atoms with Crippen LogP contribution in [0.1, 0.15) is 58.3 Å². The van der Waals surface area contributed by atoms with Crippen LogP contribution >= 0.6 is 27.3 Å². The second-order valence-corrected chi connectivity index (χ2v) is 11.8. The van der Waals surface area contributed by atoms with E-state index in [-0.39, 0.29) is 22.6 Å². The molecule has 182 valence electrons. The molecular formula is C26H26BrN3O4S. The predicted molar refractivity (Wildman–Crippen MR) is 142 cm³/mol. The summed E-state index contributed by atoms with van der Waals surface area (Å²) in [6.07, 6.45) is 2.60. The van der Waals surface area contributed by atoms with Gasteiger partial charge in [-0.2, -0.15) is 0 Å². The van der Waals surface area contributed by atoms with Crippen LogP contribution in [0.4, 0.5) is 16.4 Å². The number of nitrogens with one attached hydrogen (secondary N) is 2. The fourth-order valence-corrected chi connectivity index (χ4v) is 5.87. The summed E-state index contributed by atoms with van der Waals surface area (Å²) in [5.41, 5.74) is 2.49. The predicted octanol–water partition coefficient (Wildman–Crippen LogP) is 7.07. The number of nitro benzene ring substituents is 1. The lowest BCUT2D eigenvalue weighted by Gasteiger charge is -2.33. The van der Waals surface area contributed by atoms with E-state index in [0.717, 1.165) is 34.2 Å². The third-order valence-electron chi connectivity index (χ3n) is 6.39. The standard InChI is InChI=1S/C26H26BrN3O4S/c1-26(2,3)16-6-13-20-21(14-16)35-25(22(20)24(32)28-18-9-7-17(27)8-10-18)29-23(31)15-4-11-19(12-5-15)30(33)34/h4-5,7-12,16H,6,13-14H2,1-3H3,(H,28,32)(H,29,31). The normalized spacial score (nSPS) is 15.3. The number of carbonyl (C=O) groups excluding carboxylic acids is 2. The van der Waals surface area contributed by atoms with Crippen LogP contribution in [0.5, 0.6) is 0 Å². The number of benzene rings is 2. The summed E-state index contributed by atoms with van der Waals surface area (Å²) in [5, 5.41) is 17.3. The van der Waals surface area contributed by atoms with E-state index < -0.39 is 10.8 Å². The van der Waals surface area contributed by atoms with Gasteiger partial charge in [-0.3, -0.25) is 19.7 Å². The Labute approximate surface area is 216 Å². The summed E-state index contributed by atoms with van der Waals surface area (Å²) >= 11 is 4.84. The Balaban J connectivity index is 1.66. The number of halogens is 1. The number of thiophene rings is 1. The largest absolute Gasteiger partial charge is 0.322 e. The van der Waals surface area contributed by atoms with E-state index in [4.69, 9.17) is 0 Å². The summed E-state index contributed by atoms with van der Waals surface area (Å²) < 4.78 is 0.910. The van der Waals surface area contributed by atoms with Gasteiger partial charge < -0.3 is 10.6 Å². The molecule has 7 nitrogen and oxygen atoms in total. The maximum absolute atomic E-state index is 13.4. The highest BCUT2D eigenvalue weighted by Gasteiger charge is 2.34. The number of nitro groups is 1. The lowest BCUT2D eigenvalue weighted by atomic mass is 9.72. The first-order chi connectivity index (χ1) is 16.5. The minimum Gasteiger partial charge on any atom is -0.322 e. The van der Waals surface area contributed by atoms with Gasteiger partial charge in [-0.15, -0.1) is 11.3 Å². The second kappa shape index (κ2) is 9.91. The van der Waals surface area contributed by atoms with Gasteiger partial charge in [-0.1, -0.05) is 36.7 Å². The van der Waals surface area contributed by atoms with Crippen LogP contribution in [-0.2, 0) is 12.8 Å². The molecule has 1 unspecified atom stereocenters. The number of fused-ring (bicyclic) bond motifs is 1. The molecule has 2 aromatic carbocycles. The fourth-order valence-electron chi connectivity index (χ4n) is 4.29. The lowest BCUT2D eigenvalue weighted by Crippen LogP contribution is -2.27. The summed E-state index contributed by atoms with van der Waals surface area (Å²) in [5.74, 6) is -0.198. The molecule has 2 N–H and O–H groups in total. The van der Waals surface area contributed by atoms with Gasteiger partial charge in [0.1, 0.15) is 5.00 Å². The average Bonchev–Trinajstić information content (AvgIpc) is 3.17. The second-order valence-electron chi connectivity index (χ2n) is 9.73. The van der Waals surface area contributed by atoms with Gasteiger partial charge in [-0.05, 0) is 72.6 Å². The molecule has 0 saturated carbocycles. The quantitative estimate of drug-likeness (QED) is 0.259. The Kier molecular flexibility index (Phi) is 7.10. The van der Waals surface area contributed by atoms with Gasteiger partial charge in [0.25, 0.3) is 17.5 Å². The number of hydrogen-bond donors (Lipinski definition) is 2. The Morgan fingerprint density at radius 1 is 1.03 bits per heavy atom. The number of anilines is 2. The molecule has 0 saturated heterocycles. The van der Waals surface area contributed by atoms with Crippen molar-refractivity contribution in [2.75, 3.05) is 10.6 Å². The summed E-state index contributed by atoms with van der Waals surface area (Å²) in [4.78, 5) is 38.0. The number of rotatable bonds is 5. The molecule has 1 aliphatic carbocycles. The van der Waals surface area contributed by atoms with Gasteiger partial charge in [0, 0.05) is 32.7 Å². The first kappa shape index (κ1) is 25.1. The van der Waals surface area contributed by atoms with Crippen LogP contribution in [0, 0.1) is 21.4 Å². The molecule has 1 heterocycles. The minimum atomic E-state index is -0.509. The van der Waals surface area contributed by atoms with E-state index in [9.17, 15) is 19.7 Å². The van der Waals surface area contributed by atoms with E-state index in [2.05, 4.69) is 47.3 Å².